The van der Waals surface area contributed by atoms with Gasteiger partial charge in [-0.25, -0.2) is 0 Å². The van der Waals surface area contributed by atoms with Gasteiger partial charge in [-0.1, -0.05) is 33.6 Å². The second kappa shape index (κ2) is 8.93. The number of hydrogen-bond donors (Lipinski definition) is 1. The van der Waals surface area contributed by atoms with E-state index in [0.717, 1.165) is 12.0 Å². The molecule has 102 valence electrons. The minimum absolute atomic E-state index is 0.747. The summed E-state index contributed by atoms with van der Waals surface area (Å²) >= 11 is 0. The van der Waals surface area contributed by atoms with Crippen LogP contribution in [-0.4, -0.2) is 37.1 Å². The minimum atomic E-state index is 0.747. The van der Waals surface area contributed by atoms with E-state index in [1.165, 1.54) is 64.7 Å². The van der Waals surface area contributed by atoms with Gasteiger partial charge in [0, 0.05) is 19.1 Å². The van der Waals surface area contributed by atoms with Crippen molar-refractivity contribution in [2.24, 2.45) is 5.92 Å². The number of unbranched alkanes of at least 4 members (excludes halogenated alkanes) is 1. The molecule has 17 heavy (non-hydrogen) atoms. The van der Waals surface area contributed by atoms with Crippen LogP contribution in [0.25, 0.3) is 0 Å². The summed E-state index contributed by atoms with van der Waals surface area (Å²) in [4.78, 5) is 2.68. The van der Waals surface area contributed by atoms with Gasteiger partial charge in [0.05, 0.1) is 0 Å². The summed E-state index contributed by atoms with van der Waals surface area (Å²) < 4.78 is 0. The molecular weight excluding hydrogens is 208 g/mol. The molecular formula is C15H32N2. The number of hydrogen-bond acceptors (Lipinski definition) is 2. The Kier molecular flexibility index (Phi) is 7.87. The van der Waals surface area contributed by atoms with E-state index in [1.54, 1.807) is 0 Å². The van der Waals surface area contributed by atoms with Gasteiger partial charge in [-0.2, -0.15) is 0 Å². The SMILES string of the molecule is CCCCC1CC(NCCC)CN(CCC)C1. The van der Waals surface area contributed by atoms with E-state index >= 15 is 0 Å². The van der Waals surface area contributed by atoms with Crippen LogP contribution in [-0.2, 0) is 0 Å². The molecule has 1 heterocycles. The maximum absolute atomic E-state index is 3.72. The highest BCUT2D eigenvalue weighted by atomic mass is 15.2. The molecule has 2 heteroatoms. The van der Waals surface area contributed by atoms with Crippen LogP contribution < -0.4 is 5.32 Å². The molecule has 1 N–H and O–H groups in total. The maximum atomic E-state index is 3.72. The molecule has 0 amide bonds. The predicted molar refractivity (Wildman–Crippen MR) is 76.4 cm³/mol. The summed E-state index contributed by atoms with van der Waals surface area (Å²) in [5.41, 5.74) is 0. The van der Waals surface area contributed by atoms with Crippen LogP contribution in [0.15, 0.2) is 0 Å². The van der Waals surface area contributed by atoms with E-state index in [2.05, 4.69) is 31.0 Å². The highest BCUT2D eigenvalue weighted by Gasteiger charge is 2.25. The first-order valence-corrected chi connectivity index (χ1v) is 7.75. The van der Waals surface area contributed by atoms with E-state index in [0.29, 0.717) is 0 Å². The van der Waals surface area contributed by atoms with Gasteiger partial charge in [0.1, 0.15) is 0 Å². The Labute approximate surface area is 108 Å². The van der Waals surface area contributed by atoms with E-state index in [-0.39, 0.29) is 0 Å². The standard InChI is InChI=1S/C15H32N2/c1-4-7-8-14-11-15(16-9-5-2)13-17(12-14)10-6-3/h14-16H,4-13H2,1-3H3. The molecule has 0 aromatic carbocycles. The van der Waals surface area contributed by atoms with Crippen LogP contribution in [0, 0.1) is 5.92 Å². The van der Waals surface area contributed by atoms with Gasteiger partial charge in [0.2, 0.25) is 0 Å². The van der Waals surface area contributed by atoms with Gasteiger partial charge in [0.15, 0.2) is 0 Å². The molecule has 1 fully saturated rings. The number of piperidine rings is 1. The second-order valence-electron chi connectivity index (χ2n) is 5.65. The highest BCUT2D eigenvalue weighted by Crippen LogP contribution is 2.22. The monoisotopic (exact) mass is 240 g/mol. The molecule has 2 atom stereocenters. The van der Waals surface area contributed by atoms with Crippen molar-refractivity contribution in [3.05, 3.63) is 0 Å². The number of nitrogens with one attached hydrogen (secondary N) is 1. The first kappa shape index (κ1) is 15.0. The van der Waals surface area contributed by atoms with Crippen molar-refractivity contribution >= 4 is 0 Å². The lowest BCUT2D eigenvalue weighted by atomic mass is 9.89. The molecule has 0 aromatic heterocycles. The molecule has 1 rings (SSSR count). The Morgan fingerprint density at radius 2 is 1.88 bits per heavy atom. The molecule has 1 saturated heterocycles. The Balaban J connectivity index is 2.37. The Morgan fingerprint density at radius 1 is 1.06 bits per heavy atom. The van der Waals surface area contributed by atoms with Gasteiger partial charge in [-0.3, -0.25) is 0 Å². The first-order valence-electron chi connectivity index (χ1n) is 7.75. The van der Waals surface area contributed by atoms with Crippen LogP contribution >= 0.6 is 0 Å². The first-order chi connectivity index (χ1) is 8.30. The normalized spacial score (nSPS) is 26.3. The van der Waals surface area contributed by atoms with Gasteiger partial charge < -0.3 is 10.2 Å². The van der Waals surface area contributed by atoms with Crippen LogP contribution in [0.5, 0.6) is 0 Å². The van der Waals surface area contributed by atoms with Crippen molar-refractivity contribution in [2.45, 2.75) is 65.3 Å². The molecule has 0 bridgehead atoms. The van der Waals surface area contributed by atoms with Crippen molar-refractivity contribution in [3.8, 4) is 0 Å². The van der Waals surface area contributed by atoms with E-state index in [4.69, 9.17) is 0 Å². The zero-order valence-electron chi connectivity index (χ0n) is 12.2. The summed E-state index contributed by atoms with van der Waals surface area (Å²) in [7, 11) is 0. The van der Waals surface area contributed by atoms with Gasteiger partial charge in [-0.15, -0.1) is 0 Å². The summed E-state index contributed by atoms with van der Waals surface area (Å²) in [6, 6.07) is 0.747. The van der Waals surface area contributed by atoms with Crippen LogP contribution in [0.2, 0.25) is 0 Å². The van der Waals surface area contributed by atoms with E-state index in [9.17, 15) is 0 Å². The van der Waals surface area contributed by atoms with Crippen LogP contribution in [0.4, 0.5) is 0 Å². The third kappa shape index (κ3) is 5.87. The van der Waals surface area contributed by atoms with E-state index < -0.39 is 0 Å². The third-order valence-electron chi connectivity index (χ3n) is 3.80. The van der Waals surface area contributed by atoms with Gasteiger partial charge >= 0.3 is 0 Å². The van der Waals surface area contributed by atoms with E-state index in [1.807, 2.05) is 0 Å². The largest absolute Gasteiger partial charge is 0.313 e. The van der Waals surface area contributed by atoms with Crippen molar-refractivity contribution in [1.82, 2.24) is 10.2 Å². The number of likely N-dealkylation sites (tertiary alicyclic amines) is 1. The van der Waals surface area contributed by atoms with Crippen molar-refractivity contribution < 1.29 is 0 Å². The molecule has 1 aliphatic rings. The summed E-state index contributed by atoms with van der Waals surface area (Å²) in [6.07, 6.45) is 8.13. The zero-order valence-corrected chi connectivity index (χ0v) is 12.2. The van der Waals surface area contributed by atoms with Gasteiger partial charge in [-0.05, 0) is 44.7 Å². The Morgan fingerprint density at radius 3 is 2.53 bits per heavy atom. The Bertz CT molecular complexity index is 166. The summed E-state index contributed by atoms with van der Waals surface area (Å²) in [6.45, 7) is 11.9. The van der Waals surface area contributed by atoms with Crippen molar-refractivity contribution in [1.29, 1.82) is 0 Å². The zero-order chi connectivity index (χ0) is 12.5. The lowest BCUT2D eigenvalue weighted by Gasteiger charge is -2.38. The minimum Gasteiger partial charge on any atom is -0.313 e. The summed E-state index contributed by atoms with van der Waals surface area (Å²) in [5.74, 6) is 0.935. The molecule has 0 aliphatic carbocycles. The van der Waals surface area contributed by atoms with Crippen molar-refractivity contribution in [2.75, 3.05) is 26.2 Å². The fourth-order valence-electron chi connectivity index (χ4n) is 3.00. The predicted octanol–water partition coefficient (Wildman–Crippen LogP) is 3.28. The maximum Gasteiger partial charge on any atom is 0.0198 e. The Hall–Kier alpha value is -0.0800. The van der Waals surface area contributed by atoms with Crippen LogP contribution in [0.1, 0.15) is 59.3 Å². The average molecular weight is 240 g/mol. The van der Waals surface area contributed by atoms with Crippen molar-refractivity contribution in [3.63, 3.8) is 0 Å². The lowest BCUT2D eigenvalue weighted by Crippen LogP contribution is -2.49. The molecule has 1 aliphatic heterocycles. The number of nitrogens with zero attached hydrogens (tertiary/aromatic N) is 1. The summed E-state index contributed by atoms with van der Waals surface area (Å²) in [5, 5.41) is 3.72. The second-order valence-corrected chi connectivity index (χ2v) is 5.65. The molecule has 2 unspecified atom stereocenters. The topological polar surface area (TPSA) is 15.3 Å². The third-order valence-corrected chi connectivity index (χ3v) is 3.80. The fraction of sp³-hybridized carbons (Fsp3) is 1.00. The average Bonchev–Trinajstić information content (AvgIpc) is 2.34. The van der Waals surface area contributed by atoms with Gasteiger partial charge in [0.25, 0.3) is 0 Å². The lowest BCUT2D eigenvalue weighted by molar-refractivity contribution is 0.135. The molecule has 0 spiro atoms. The smallest absolute Gasteiger partial charge is 0.0198 e. The molecule has 2 nitrogen and oxygen atoms in total. The fourth-order valence-corrected chi connectivity index (χ4v) is 3.00. The highest BCUT2D eigenvalue weighted by molar-refractivity contribution is 4.83. The quantitative estimate of drug-likeness (QED) is 0.700. The molecule has 0 radical (unpaired) electrons. The number of rotatable bonds is 8. The molecule has 0 aromatic rings. The molecule has 0 saturated carbocycles. The van der Waals surface area contributed by atoms with Crippen LogP contribution in [0.3, 0.4) is 0 Å².